The van der Waals surface area contributed by atoms with E-state index in [0.717, 1.165) is 5.56 Å². The van der Waals surface area contributed by atoms with Gasteiger partial charge in [0.25, 0.3) is 5.91 Å². The number of halogens is 1. The Balaban J connectivity index is 1.96. The van der Waals surface area contributed by atoms with Crippen LogP contribution in [0.15, 0.2) is 41.4 Å². The van der Waals surface area contributed by atoms with Crippen LogP contribution in [0.3, 0.4) is 0 Å². The van der Waals surface area contributed by atoms with Gasteiger partial charge in [0.15, 0.2) is 0 Å². The number of ether oxygens (including phenoxy) is 2. The van der Waals surface area contributed by atoms with E-state index in [1.54, 1.807) is 32.9 Å². The van der Waals surface area contributed by atoms with Gasteiger partial charge in [0.2, 0.25) is 0 Å². The first-order valence-corrected chi connectivity index (χ1v) is 11.2. The Bertz CT molecular complexity index is 1020. The number of hydrogen-bond donors (Lipinski definition) is 1. The number of alkyl carbamates (subject to hydrolysis) is 1. The monoisotopic (exact) mass is 477 g/mol. The molecule has 1 aromatic heterocycles. The first-order chi connectivity index (χ1) is 15.1. The molecule has 2 amide bonds. The van der Waals surface area contributed by atoms with E-state index in [9.17, 15) is 14.4 Å². The molecule has 0 spiro atoms. The van der Waals surface area contributed by atoms with E-state index in [-0.39, 0.29) is 23.9 Å². The number of esters is 1. The summed E-state index contributed by atoms with van der Waals surface area (Å²) in [7, 11) is 1.27. The summed E-state index contributed by atoms with van der Waals surface area (Å²) in [6.45, 7) is 5.46. The average Bonchev–Trinajstić information content (AvgIpc) is 2.85. The third-order valence-corrected chi connectivity index (χ3v) is 5.82. The van der Waals surface area contributed by atoms with E-state index in [1.807, 2.05) is 12.1 Å². The minimum absolute atomic E-state index is 0.0827. The number of carbonyl (C=O) groups excluding carboxylic acids is 3. The molecular weight excluding hydrogens is 454 g/mol. The number of methoxy groups -OCH3 is 1. The summed E-state index contributed by atoms with van der Waals surface area (Å²) < 4.78 is 10.1. The van der Waals surface area contributed by atoms with Gasteiger partial charge in [-0.25, -0.2) is 14.6 Å². The van der Waals surface area contributed by atoms with Crippen LogP contribution in [-0.4, -0.2) is 47.5 Å². The van der Waals surface area contributed by atoms with E-state index in [0.29, 0.717) is 15.6 Å². The lowest BCUT2D eigenvalue weighted by atomic mass is 10.1. The first-order valence-electron chi connectivity index (χ1n) is 9.84. The molecule has 1 aliphatic rings. The van der Waals surface area contributed by atoms with Crippen LogP contribution in [-0.2, 0) is 20.8 Å². The SMILES string of the molecule is COC(=O)c1cc2c(cn1)SC[C@H](NC(=O)OC(C)(C)C)C(=O)N2Cc1ccc(Cl)cc1. The van der Waals surface area contributed by atoms with E-state index in [1.165, 1.54) is 36.0 Å². The molecule has 170 valence electrons. The Morgan fingerprint density at radius 3 is 2.59 bits per heavy atom. The van der Waals surface area contributed by atoms with Crippen molar-refractivity contribution in [2.45, 2.75) is 43.9 Å². The van der Waals surface area contributed by atoms with Crippen molar-refractivity contribution >= 4 is 47.0 Å². The number of thioether (sulfide) groups is 1. The number of fused-ring (bicyclic) bond motifs is 1. The van der Waals surface area contributed by atoms with Crippen molar-refractivity contribution in [2.24, 2.45) is 0 Å². The number of carbonyl (C=O) groups is 3. The van der Waals surface area contributed by atoms with Crippen LogP contribution in [0.5, 0.6) is 0 Å². The third-order valence-electron chi connectivity index (χ3n) is 4.45. The summed E-state index contributed by atoms with van der Waals surface area (Å²) in [6.07, 6.45) is 0.853. The van der Waals surface area contributed by atoms with Crippen LogP contribution >= 0.6 is 23.4 Å². The zero-order valence-electron chi connectivity index (χ0n) is 18.2. The maximum Gasteiger partial charge on any atom is 0.408 e. The highest BCUT2D eigenvalue weighted by Crippen LogP contribution is 2.35. The largest absolute Gasteiger partial charge is 0.464 e. The molecule has 0 saturated heterocycles. The molecular formula is C22H24ClN3O5S. The summed E-state index contributed by atoms with van der Waals surface area (Å²) in [5.74, 6) is -0.662. The topological polar surface area (TPSA) is 97.8 Å². The molecule has 0 aliphatic carbocycles. The Kier molecular flexibility index (Phi) is 7.30. The maximum absolute atomic E-state index is 13.5. The van der Waals surface area contributed by atoms with Gasteiger partial charge in [0, 0.05) is 21.9 Å². The van der Waals surface area contributed by atoms with Crippen LogP contribution in [0, 0.1) is 0 Å². The number of amides is 2. The highest BCUT2D eigenvalue weighted by atomic mass is 35.5. The van der Waals surface area contributed by atoms with Gasteiger partial charge in [0.1, 0.15) is 17.3 Å². The second-order valence-electron chi connectivity index (χ2n) is 8.09. The average molecular weight is 478 g/mol. The fourth-order valence-corrected chi connectivity index (χ4v) is 4.15. The van der Waals surface area contributed by atoms with Gasteiger partial charge in [-0.1, -0.05) is 23.7 Å². The van der Waals surface area contributed by atoms with Crippen LogP contribution in [0.4, 0.5) is 10.5 Å². The number of nitrogens with one attached hydrogen (secondary N) is 1. The zero-order chi connectivity index (χ0) is 23.5. The second kappa shape index (κ2) is 9.79. The number of pyridine rings is 1. The Morgan fingerprint density at radius 2 is 1.97 bits per heavy atom. The van der Waals surface area contributed by atoms with Crippen LogP contribution in [0.25, 0.3) is 0 Å². The highest BCUT2D eigenvalue weighted by molar-refractivity contribution is 7.99. The predicted molar refractivity (Wildman–Crippen MR) is 122 cm³/mol. The zero-order valence-corrected chi connectivity index (χ0v) is 19.7. The van der Waals surface area contributed by atoms with Crippen molar-refractivity contribution in [3.63, 3.8) is 0 Å². The lowest BCUT2D eigenvalue weighted by Gasteiger charge is -2.27. The summed E-state index contributed by atoms with van der Waals surface area (Å²) in [4.78, 5) is 44.3. The van der Waals surface area contributed by atoms with Gasteiger partial charge in [-0.2, -0.15) is 0 Å². The maximum atomic E-state index is 13.5. The summed E-state index contributed by atoms with van der Waals surface area (Å²) >= 11 is 7.35. The number of hydrogen-bond acceptors (Lipinski definition) is 7. The van der Waals surface area contributed by atoms with Crippen molar-refractivity contribution in [2.75, 3.05) is 17.8 Å². The number of rotatable bonds is 4. The first kappa shape index (κ1) is 23.9. The molecule has 1 aliphatic heterocycles. The minimum atomic E-state index is -0.837. The van der Waals surface area contributed by atoms with Crippen molar-refractivity contribution < 1.29 is 23.9 Å². The van der Waals surface area contributed by atoms with Crippen molar-refractivity contribution in [3.05, 3.63) is 52.8 Å². The van der Waals surface area contributed by atoms with Gasteiger partial charge >= 0.3 is 12.1 Å². The molecule has 8 nitrogen and oxygen atoms in total. The molecule has 0 radical (unpaired) electrons. The van der Waals surface area contributed by atoms with Crippen molar-refractivity contribution in [1.82, 2.24) is 10.3 Å². The minimum Gasteiger partial charge on any atom is -0.464 e. The van der Waals surface area contributed by atoms with Gasteiger partial charge in [-0.15, -0.1) is 11.8 Å². The van der Waals surface area contributed by atoms with Crippen molar-refractivity contribution in [1.29, 1.82) is 0 Å². The Morgan fingerprint density at radius 1 is 1.28 bits per heavy atom. The fourth-order valence-electron chi connectivity index (χ4n) is 3.01. The molecule has 32 heavy (non-hydrogen) atoms. The molecule has 2 heterocycles. The lowest BCUT2D eigenvalue weighted by molar-refractivity contribution is -0.120. The van der Waals surface area contributed by atoms with Gasteiger partial charge in [-0.3, -0.25) is 4.79 Å². The van der Waals surface area contributed by atoms with Crippen LogP contribution in [0.1, 0.15) is 36.8 Å². The van der Waals surface area contributed by atoms with E-state index in [4.69, 9.17) is 21.1 Å². The Hall–Kier alpha value is -2.78. The van der Waals surface area contributed by atoms with Crippen LogP contribution in [0.2, 0.25) is 5.02 Å². The molecule has 1 N–H and O–H groups in total. The quantitative estimate of drug-likeness (QED) is 0.663. The second-order valence-corrected chi connectivity index (χ2v) is 9.59. The number of anilines is 1. The summed E-state index contributed by atoms with van der Waals surface area (Å²) in [5.41, 5.74) is 0.724. The lowest BCUT2D eigenvalue weighted by Crippen LogP contribution is -2.50. The van der Waals surface area contributed by atoms with Gasteiger partial charge < -0.3 is 19.7 Å². The van der Waals surface area contributed by atoms with E-state index in [2.05, 4.69) is 10.3 Å². The normalized spacial score (nSPS) is 16.1. The van der Waals surface area contributed by atoms with E-state index >= 15 is 0 Å². The van der Waals surface area contributed by atoms with E-state index < -0.39 is 23.7 Å². The van der Waals surface area contributed by atoms with Gasteiger partial charge in [-0.05, 0) is 44.5 Å². The fraction of sp³-hybridized carbons (Fsp3) is 0.364. The molecule has 2 aromatic rings. The van der Waals surface area contributed by atoms with Crippen LogP contribution < -0.4 is 10.2 Å². The molecule has 0 saturated carbocycles. The molecule has 0 bridgehead atoms. The smallest absolute Gasteiger partial charge is 0.408 e. The molecule has 0 unspecified atom stereocenters. The van der Waals surface area contributed by atoms with Gasteiger partial charge in [0.05, 0.1) is 19.3 Å². The molecule has 10 heteroatoms. The molecule has 0 fully saturated rings. The predicted octanol–water partition coefficient (Wildman–Crippen LogP) is 4.05. The number of nitrogens with zero attached hydrogens (tertiary/aromatic N) is 2. The third kappa shape index (κ3) is 5.92. The highest BCUT2D eigenvalue weighted by Gasteiger charge is 2.34. The molecule has 1 aromatic carbocycles. The Labute approximate surface area is 195 Å². The number of aromatic nitrogens is 1. The summed E-state index contributed by atoms with van der Waals surface area (Å²) in [6, 6.07) is 7.78. The molecule has 3 rings (SSSR count). The number of benzene rings is 1. The molecule has 1 atom stereocenters. The standard InChI is InChI=1S/C22H24ClN3O5S/c1-22(2,3)31-21(29)25-16-12-32-18-10-24-15(20(28)30-4)9-17(18)26(19(16)27)11-13-5-7-14(23)8-6-13/h5-10,16H,11-12H2,1-4H3,(H,25,29)/t16-/m0/s1. The van der Waals surface area contributed by atoms with Crippen molar-refractivity contribution in [3.8, 4) is 0 Å². The summed E-state index contributed by atoms with van der Waals surface area (Å²) in [5, 5.41) is 3.24.